The number of amides is 1. The second-order valence-corrected chi connectivity index (χ2v) is 8.52. The molecule has 2 heterocycles. The van der Waals surface area contributed by atoms with Gasteiger partial charge in [0.25, 0.3) is 17.4 Å². The van der Waals surface area contributed by atoms with Crippen LogP contribution in [0.3, 0.4) is 0 Å². The summed E-state index contributed by atoms with van der Waals surface area (Å²) in [6.07, 6.45) is 0. The number of nitrogens with zero attached hydrogens (tertiary/aromatic N) is 5. The number of aromatic hydroxyl groups is 2. The van der Waals surface area contributed by atoms with Gasteiger partial charge in [-0.25, -0.2) is 4.98 Å². The number of hydrogen-bond donors (Lipinski definition) is 2. The topological polar surface area (TPSA) is 122 Å². The highest BCUT2D eigenvalue weighted by molar-refractivity contribution is 6.02. The molecule has 0 saturated heterocycles. The van der Waals surface area contributed by atoms with Gasteiger partial charge in [-0.05, 0) is 68.3 Å². The smallest absolute Gasteiger partial charge is 0.295 e. The highest BCUT2D eigenvalue weighted by atomic mass is 16.3. The highest BCUT2D eigenvalue weighted by Gasteiger charge is 2.20. The molecule has 2 N–H and O–H groups in total. The molecule has 5 aromatic rings. The summed E-state index contributed by atoms with van der Waals surface area (Å²) in [5.74, 6) is -0.986. The Kier molecular flexibility index (Phi) is 5.60. The number of hydrogen-bond acceptors (Lipinski definition) is 6. The van der Waals surface area contributed by atoms with Crippen molar-refractivity contribution in [3.63, 3.8) is 0 Å². The van der Waals surface area contributed by atoms with Crippen molar-refractivity contribution in [2.45, 2.75) is 27.3 Å². The van der Waals surface area contributed by atoms with E-state index in [-0.39, 0.29) is 28.8 Å². The van der Waals surface area contributed by atoms with E-state index in [4.69, 9.17) is 0 Å². The van der Waals surface area contributed by atoms with Gasteiger partial charge in [0.05, 0.1) is 16.6 Å². The summed E-state index contributed by atoms with van der Waals surface area (Å²) >= 11 is 0. The number of benzene rings is 3. The van der Waals surface area contributed by atoms with Crippen LogP contribution >= 0.6 is 0 Å². The number of aryl methyl sites for hydroxylation is 2. The number of fused-ring (bicyclic) bond motifs is 2. The standard InChI is InChI=1S/C27H23N5O4/c1-4-31-24(34)19-7-5-6-8-21(19)28-27(31)30-29-23(33)17-11-12-18-20(14-17)26(36)32(25(18)35)22-13-15(2)9-10-16(22)3/h5-14,35-36H,4H2,1-3H3. The Morgan fingerprint density at radius 1 is 0.944 bits per heavy atom. The predicted octanol–water partition coefficient (Wildman–Crippen LogP) is 5.31. The van der Waals surface area contributed by atoms with Crippen LogP contribution in [0.5, 0.6) is 11.8 Å². The van der Waals surface area contributed by atoms with Crippen molar-refractivity contribution in [1.82, 2.24) is 14.1 Å². The second-order valence-electron chi connectivity index (χ2n) is 8.52. The highest BCUT2D eigenvalue weighted by Crippen LogP contribution is 2.40. The van der Waals surface area contributed by atoms with Crippen molar-refractivity contribution in [2.24, 2.45) is 10.2 Å². The van der Waals surface area contributed by atoms with Crippen molar-refractivity contribution >= 4 is 33.5 Å². The fourth-order valence-corrected chi connectivity index (χ4v) is 4.25. The number of para-hydroxylation sites is 1. The third-order valence-electron chi connectivity index (χ3n) is 6.17. The molecular formula is C27H23N5O4. The molecule has 180 valence electrons. The number of carbonyl (C=O) groups is 1. The molecule has 5 rings (SSSR count). The van der Waals surface area contributed by atoms with Gasteiger partial charge < -0.3 is 10.2 Å². The largest absolute Gasteiger partial charge is 0.494 e. The van der Waals surface area contributed by atoms with Gasteiger partial charge in [0.15, 0.2) is 0 Å². The van der Waals surface area contributed by atoms with E-state index in [1.165, 1.54) is 21.3 Å². The lowest BCUT2D eigenvalue weighted by Crippen LogP contribution is -2.20. The number of aromatic nitrogens is 3. The number of rotatable bonds is 4. The van der Waals surface area contributed by atoms with Crippen molar-refractivity contribution in [3.8, 4) is 17.4 Å². The van der Waals surface area contributed by atoms with E-state index < -0.39 is 5.91 Å². The lowest BCUT2D eigenvalue weighted by molar-refractivity contribution is 0.0995. The fraction of sp³-hybridized carbons (Fsp3) is 0.148. The first-order chi connectivity index (χ1) is 17.3. The van der Waals surface area contributed by atoms with Crippen LogP contribution in [0.25, 0.3) is 27.4 Å². The van der Waals surface area contributed by atoms with Crippen LogP contribution in [0.2, 0.25) is 0 Å². The van der Waals surface area contributed by atoms with Crippen LogP contribution in [0.1, 0.15) is 28.4 Å². The molecule has 0 unspecified atom stereocenters. The summed E-state index contributed by atoms with van der Waals surface area (Å²) in [6.45, 7) is 5.89. The van der Waals surface area contributed by atoms with E-state index in [1.807, 2.05) is 32.0 Å². The van der Waals surface area contributed by atoms with Crippen LogP contribution in [-0.2, 0) is 6.54 Å². The average molecular weight is 482 g/mol. The van der Waals surface area contributed by atoms with Gasteiger partial charge in [-0.15, -0.1) is 10.2 Å². The fourth-order valence-electron chi connectivity index (χ4n) is 4.25. The van der Waals surface area contributed by atoms with Crippen LogP contribution in [0.4, 0.5) is 5.95 Å². The summed E-state index contributed by atoms with van der Waals surface area (Å²) in [5, 5.41) is 30.7. The van der Waals surface area contributed by atoms with Crippen LogP contribution in [0.15, 0.2) is 75.7 Å². The lowest BCUT2D eigenvalue weighted by Gasteiger charge is -2.11. The van der Waals surface area contributed by atoms with Crippen LogP contribution < -0.4 is 5.56 Å². The van der Waals surface area contributed by atoms with Gasteiger partial charge in [-0.1, -0.05) is 24.3 Å². The van der Waals surface area contributed by atoms with Crippen molar-refractivity contribution in [1.29, 1.82) is 0 Å². The van der Waals surface area contributed by atoms with Crippen LogP contribution in [-0.4, -0.2) is 30.2 Å². The van der Waals surface area contributed by atoms with Gasteiger partial charge in [-0.2, -0.15) is 0 Å². The first-order valence-electron chi connectivity index (χ1n) is 11.4. The van der Waals surface area contributed by atoms with E-state index in [0.29, 0.717) is 33.9 Å². The Morgan fingerprint density at radius 2 is 1.69 bits per heavy atom. The molecule has 0 aliphatic heterocycles. The van der Waals surface area contributed by atoms with E-state index in [1.54, 1.807) is 37.3 Å². The van der Waals surface area contributed by atoms with Gasteiger partial charge in [-0.3, -0.25) is 18.7 Å². The van der Waals surface area contributed by atoms with Gasteiger partial charge >= 0.3 is 0 Å². The third kappa shape index (κ3) is 3.70. The number of azo groups is 1. The van der Waals surface area contributed by atoms with Gasteiger partial charge in [0.2, 0.25) is 11.8 Å². The number of carbonyl (C=O) groups excluding carboxylic acids is 1. The maximum Gasteiger partial charge on any atom is 0.295 e. The molecule has 3 aromatic carbocycles. The molecule has 1 amide bonds. The summed E-state index contributed by atoms with van der Waals surface area (Å²) in [6, 6.07) is 17.1. The maximum atomic E-state index is 12.9. The zero-order valence-corrected chi connectivity index (χ0v) is 19.9. The molecule has 36 heavy (non-hydrogen) atoms. The molecule has 0 aliphatic carbocycles. The zero-order valence-electron chi connectivity index (χ0n) is 19.9. The zero-order chi connectivity index (χ0) is 25.6. The third-order valence-corrected chi connectivity index (χ3v) is 6.17. The molecule has 9 heteroatoms. The minimum atomic E-state index is -0.680. The van der Waals surface area contributed by atoms with E-state index in [0.717, 1.165) is 11.1 Å². The molecule has 2 aromatic heterocycles. The minimum Gasteiger partial charge on any atom is -0.494 e. The minimum absolute atomic E-state index is 0.0252. The first kappa shape index (κ1) is 23.0. The molecule has 0 fully saturated rings. The normalized spacial score (nSPS) is 11.6. The average Bonchev–Trinajstić information content (AvgIpc) is 3.13. The monoisotopic (exact) mass is 481 g/mol. The Labute approximate surface area is 205 Å². The predicted molar refractivity (Wildman–Crippen MR) is 137 cm³/mol. The SMILES string of the molecule is CCn1c(N=NC(=O)c2ccc3c(O)n(-c4cc(C)ccc4C)c(O)c3c2)nc2ccccc2c1=O. The molecule has 9 nitrogen and oxygen atoms in total. The van der Waals surface area contributed by atoms with Crippen molar-refractivity contribution in [3.05, 3.63) is 87.7 Å². The summed E-state index contributed by atoms with van der Waals surface area (Å²) in [5.41, 5.74) is 2.82. The van der Waals surface area contributed by atoms with E-state index >= 15 is 0 Å². The summed E-state index contributed by atoms with van der Waals surface area (Å²) < 4.78 is 2.69. The Bertz CT molecular complexity index is 1760. The van der Waals surface area contributed by atoms with Crippen molar-refractivity contribution < 1.29 is 15.0 Å². The van der Waals surface area contributed by atoms with Gasteiger partial charge in [0.1, 0.15) is 0 Å². The summed E-state index contributed by atoms with van der Waals surface area (Å²) in [4.78, 5) is 30.0. The Hall–Kier alpha value is -4.79. The molecular weight excluding hydrogens is 458 g/mol. The summed E-state index contributed by atoms with van der Waals surface area (Å²) in [7, 11) is 0. The maximum absolute atomic E-state index is 12.9. The Balaban J connectivity index is 1.55. The second kappa shape index (κ2) is 8.77. The Morgan fingerprint density at radius 3 is 2.47 bits per heavy atom. The van der Waals surface area contributed by atoms with E-state index in [9.17, 15) is 19.8 Å². The first-order valence-corrected chi connectivity index (χ1v) is 11.4. The molecule has 0 aliphatic rings. The van der Waals surface area contributed by atoms with Crippen LogP contribution in [0, 0.1) is 13.8 Å². The molecule has 0 spiro atoms. The molecule has 0 saturated carbocycles. The molecule has 0 radical (unpaired) electrons. The quantitative estimate of drug-likeness (QED) is 0.337. The van der Waals surface area contributed by atoms with E-state index in [2.05, 4.69) is 15.2 Å². The van der Waals surface area contributed by atoms with Crippen molar-refractivity contribution in [2.75, 3.05) is 0 Å². The molecule has 0 atom stereocenters. The lowest BCUT2D eigenvalue weighted by atomic mass is 10.1. The molecule has 0 bridgehead atoms. The van der Waals surface area contributed by atoms with Gasteiger partial charge in [0, 0.05) is 22.9 Å².